The molecule has 5 rings (SSSR count). The maximum absolute atomic E-state index is 13.0. The molecular weight excluding hydrogens is 400 g/mol. The van der Waals surface area contributed by atoms with E-state index in [1.54, 1.807) is 36.4 Å². The molecule has 156 valence electrons. The molecule has 32 heavy (non-hydrogen) atoms. The number of phenolic OH excluding ortho intramolecular Hbond substituents is 2. The molecule has 1 aliphatic carbocycles. The molecule has 0 saturated heterocycles. The van der Waals surface area contributed by atoms with Crippen LogP contribution in [0.25, 0.3) is 33.4 Å². The van der Waals surface area contributed by atoms with Crippen molar-refractivity contribution in [3.8, 4) is 44.9 Å². The number of carbonyl (C=O) groups is 2. The van der Waals surface area contributed by atoms with E-state index in [4.69, 9.17) is 0 Å². The van der Waals surface area contributed by atoms with Crippen molar-refractivity contribution >= 4 is 11.6 Å². The van der Waals surface area contributed by atoms with Gasteiger partial charge in [-0.15, -0.1) is 0 Å². The van der Waals surface area contributed by atoms with Gasteiger partial charge in [0.25, 0.3) is 0 Å². The summed E-state index contributed by atoms with van der Waals surface area (Å²) >= 11 is 0. The summed E-state index contributed by atoms with van der Waals surface area (Å²) in [6, 6.07) is 21.4. The van der Waals surface area contributed by atoms with Crippen molar-refractivity contribution in [1.29, 1.82) is 0 Å². The second kappa shape index (κ2) is 7.20. The molecule has 0 aromatic heterocycles. The molecule has 4 aromatic carbocycles. The summed E-state index contributed by atoms with van der Waals surface area (Å²) in [5, 5.41) is 20.7. The van der Waals surface area contributed by atoms with Crippen LogP contribution in [0.15, 0.2) is 72.8 Å². The van der Waals surface area contributed by atoms with Gasteiger partial charge in [-0.2, -0.15) is 0 Å². The van der Waals surface area contributed by atoms with Gasteiger partial charge in [-0.1, -0.05) is 48.5 Å². The summed E-state index contributed by atoms with van der Waals surface area (Å²) < 4.78 is 0. The van der Waals surface area contributed by atoms with Gasteiger partial charge in [0, 0.05) is 22.3 Å². The first-order valence-corrected chi connectivity index (χ1v) is 10.3. The van der Waals surface area contributed by atoms with E-state index in [0.717, 1.165) is 11.1 Å². The number of Topliss-reactive ketones (excluding diaryl/α,β-unsaturated/α-hetero) is 2. The number of phenols is 2. The fraction of sp³-hybridized carbons (Fsp3) is 0.0714. The number of aryl methyl sites for hydroxylation is 2. The summed E-state index contributed by atoms with van der Waals surface area (Å²) in [5.41, 5.74) is 6.43. The summed E-state index contributed by atoms with van der Waals surface area (Å²) in [5.74, 6) is -0.901. The first kappa shape index (κ1) is 19.8. The summed E-state index contributed by atoms with van der Waals surface area (Å²) in [4.78, 5) is 26.0. The van der Waals surface area contributed by atoms with Gasteiger partial charge in [-0.05, 0) is 71.5 Å². The highest BCUT2D eigenvalue weighted by atomic mass is 16.3. The van der Waals surface area contributed by atoms with E-state index in [2.05, 4.69) is 0 Å². The zero-order valence-electron chi connectivity index (χ0n) is 17.6. The molecule has 2 N–H and O–H groups in total. The number of fused-ring (bicyclic) bond motifs is 3. The zero-order valence-corrected chi connectivity index (χ0v) is 17.6. The number of aromatic hydroxyl groups is 2. The third kappa shape index (κ3) is 3.08. The number of ketones is 2. The normalized spacial score (nSPS) is 12.4. The average molecular weight is 420 g/mol. The minimum atomic E-state index is -0.578. The Kier molecular flexibility index (Phi) is 4.45. The molecule has 4 aromatic rings. The average Bonchev–Trinajstić information content (AvgIpc) is 2.77. The molecule has 0 aliphatic heterocycles. The molecule has 4 nitrogen and oxygen atoms in total. The second-order valence-electron chi connectivity index (χ2n) is 8.22. The van der Waals surface area contributed by atoms with E-state index in [-0.39, 0.29) is 11.5 Å². The highest BCUT2D eigenvalue weighted by molar-refractivity contribution is 6.53. The molecule has 0 bridgehead atoms. The van der Waals surface area contributed by atoms with Crippen LogP contribution in [0.4, 0.5) is 0 Å². The van der Waals surface area contributed by atoms with Crippen LogP contribution in [-0.2, 0) is 0 Å². The Labute approximate surface area is 185 Å². The largest absolute Gasteiger partial charge is 0.507 e. The van der Waals surface area contributed by atoms with Crippen molar-refractivity contribution in [2.75, 3.05) is 0 Å². The molecule has 0 heterocycles. The maximum Gasteiger partial charge on any atom is 0.234 e. The maximum atomic E-state index is 13.0. The van der Waals surface area contributed by atoms with Crippen LogP contribution in [0.2, 0.25) is 0 Å². The van der Waals surface area contributed by atoms with Crippen LogP contribution >= 0.6 is 0 Å². The van der Waals surface area contributed by atoms with Crippen LogP contribution in [0.3, 0.4) is 0 Å². The molecule has 4 heteroatoms. The Bertz CT molecular complexity index is 1340. The summed E-state index contributed by atoms with van der Waals surface area (Å²) in [7, 11) is 0. The van der Waals surface area contributed by atoms with Gasteiger partial charge in [-0.3, -0.25) is 9.59 Å². The van der Waals surface area contributed by atoms with E-state index in [1.165, 1.54) is 0 Å². The van der Waals surface area contributed by atoms with Crippen LogP contribution in [-0.4, -0.2) is 21.8 Å². The molecule has 0 spiro atoms. The molecule has 0 amide bonds. The van der Waals surface area contributed by atoms with Crippen molar-refractivity contribution < 1.29 is 19.8 Å². The molecule has 0 fully saturated rings. The summed E-state index contributed by atoms with van der Waals surface area (Å²) in [6.45, 7) is 3.78. The minimum Gasteiger partial charge on any atom is -0.507 e. The Morgan fingerprint density at radius 2 is 0.844 bits per heavy atom. The van der Waals surface area contributed by atoms with Gasteiger partial charge in [0.05, 0.1) is 0 Å². The van der Waals surface area contributed by atoms with Crippen molar-refractivity contribution in [2.24, 2.45) is 0 Å². The molecule has 0 saturated carbocycles. The van der Waals surface area contributed by atoms with Gasteiger partial charge in [-0.25, -0.2) is 0 Å². The Hall–Kier alpha value is -4.18. The van der Waals surface area contributed by atoms with Crippen molar-refractivity contribution in [1.82, 2.24) is 0 Å². The van der Waals surface area contributed by atoms with Crippen molar-refractivity contribution in [3.05, 3.63) is 95.1 Å². The molecule has 0 radical (unpaired) electrons. The molecule has 0 unspecified atom stereocenters. The topological polar surface area (TPSA) is 74.6 Å². The van der Waals surface area contributed by atoms with Gasteiger partial charge in [0.2, 0.25) is 11.6 Å². The number of rotatable bonds is 2. The molecule has 0 atom stereocenters. The van der Waals surface area contributed by atoms with Crippen molar-refractivity contribution in [3.63, 3.8) is 0 Å². The predicted molar refractivity (Wildman–Crippen MR) is 124 cm³/mol. The third-order valence-corrected chi connectivity index (χ3v) is 5.95. The predicted octanol–water partition coefficient (Wildman–Crippen LogP) is 6.09. The Morgan fingerprint density at radius 3 is 1.22 bits per heavy atom. The van der Waals surface area contributed by atoms with E-state index >= 15 is 0 Å². The van der Waals surface area contributed by atoms with Crippen LogP contribution < -0.4 is 0 Å². The van der Waals surface area contributed by atoms with Gasteiger partial charge in [0.15, 0.2) is 0 Å². The Morgan fingerprint density at radius 1 is 0.469 bits per heavy atom. The standard InChI is InChI=1S/C28H20O4/c1-15-3-7-19(25(29)11-15)17-5-9-21-22-10-6-18(20-8-4-16(2)12-26(20)30)14-24(22)28(32)27(31)23(21)13-17/h3-14,29-30H,1-2H3. The first-order valence-electron chi connectivity index (χ1n) is 10.3. The lowest BCUT2D eigenvalue weighted by Crippen LogP contribution is -2.21. The molecule has 1 aliphatic rings. The third-order valence-electron chi connectivity index (χ3n) is 5.95. The quantitative estimate of drug-likeness (QED) is 0.385. The van der Waals surface area contributed by atoms with Gasteiger partial charge < -0.3 is 10.2 Å². The zero-order chi connectivity index (χ0) is 22.6. The SMILES string of the molecule is Cc1ccc(-c2ccc3c(c2)C(=O)C(=O)c2cc(-c4ccc(C)cc4O)ccc2-3)c(O)c1. The fourth-order valence-corrected chi connectivity index (χ4v) is 4.29. The van der Waals surface area contributed by atoms with Crippen LogP contribution in [0, 0.1) is 13.8 Å². The van der Waals surface area contributed by atoms with Crippen LogP contribution in [0.1, 0.15) is 31.8 Å². The van der Waals surface area contributed by atoms with Gasteiger partial charge >= 0.3 is 0 Å². The minimum absolute atomic E-state index is 0.127. The lowest BCUT2D eigenvalue weighted by Gasteiger charge is -2.20. The second-order valence-corrected chi connectivity index (χ2v) is 8.22. The molecular formula is C28H20O4. The van der Waals surface area contributed by atoms with E-state index < -0.39 is 11.6 Å². The number of benzene rings is 4. The fourth-order valence-electron chi connectivity index (χ4n) is 4.29. The highest BCUT2D eigenvalue weighted by Crippen LogP contribution is 2.40. The number of hydrogen-bond donors (Lipinski definition) is 2. The lowest BCUT2D eigenvalue weighted by molar-refractivity contribution is 0.0815. The summed E-state index contributed by atoms with van der Waals surface area (Å²) in [6.07, 6.45) is 0. The van der Waals surface area contributed by atoms with E-state index in [1.807, 2.05) is 50.2 Å². The van der Waals surface area contributed by atoms with Crippen molar-refractivity contribution in [2.45, 2.75) is 13.8 Å². The van der Waals surface area contributed by atoms with Gasteiger partial charge in [0.1, 0.15) is 11.5 Å². The monoisotopic (exact) mass is 420 g/mol. The van der Waals surface area contributed by atoms with Crippen LogP contribution in [0.5, 0.6) is 11.5 Å². The lowest BCUT2D eigenvalue weighted by atomic mass is 9.81. The number of carbonyl (C=O) groups excluding carboxylic acids is 2. The van der Waals surface area contributed by atoms with E-state index in [9.17, 15) is 19.8 Å². The van der Waals surface area contributed by atoms with E-state index in [0.29, 0.717) is 44.5 Å². The first-order chi connectivity index (χ1) is 15.3. The number of hydrogen-bond acceptors (Lipinski definition) is 4. The smallest absolute Gasteiger partial charge is 0.234 e. The highest BCUT2D eigenvalue weighted by Gasteiger charge is 2.31. The Balaban J connectivity index is 1.64.